The van der Waals surface area contributed by atoms with Crippen LogP contribution in [0, 0.1) is 17.6 Å². The van der Waals surface area contributed by atoms with Crippen molar-refractivity contribution in [1.82, 2.24) is 0 Å². The van der Waals surface area contributed by atoms with Crippen molar-refractivity contribution < 1.29 is 14.0 Å². The predicted molar refractivity (Wildman–Crippen MR) is 78.3 cm³/mol. The molecule has 2 aliphatic rings. The third-order valence-corrected chi connectivity index (χ3v) is 4.67. The van der Waals surface area contributed by atoms with E-state index in [1.165, 1.54) is 30.9 Å². The largest absolute Gasteiger partial charge is 0.411 e. The molecule has 1 aromatic rings. The van der Waals surface area contributed by atoms with Gasteiger partial charge in [-0.15, -0.1) is 0 Å². The zero-order valence-corrected chi connectivity index (χ0v) is 11.9. The number of nitrogens with zero attached hydrogens (tertiary/aromatic N) is 1. The monoisotopic (exact) mass is 291 g/mol. The number of benzene rings is 1. The van der Waals surface area contributed by atoms with Gasteiger partial charge in [0.1, 0.15) is 0 Å². The normalized spacial score (nSPS) is 22.3. The maximum Gasteiger partial charge on any atom is 0.159 e. The summed E-state index contributed by atoms with van der Waals surface area (Å²) >= 11 is 0. The lowest BCUT2D eigenvalue weighted by Crippen LogP contribution is -2.10. The average Bonchev–Trinajstić information content (AvgIpc) is 2.95. The fourth-order valence-electron chi connectivity index (χ4n) is 3.65. The minimum Gasteiger partial charge on any atom is -0.411 e. The highest BCUT2D eigenvalue weighted by Crippen LogP contribution is 2.41. The molecule has 0 unspecified atom stereocenters. The Labute approximate surface area is 123 Å². The van der Waals surface area contributed by atoms with Crippen LogP contribution < -0.4 is 0 Å². The first-order valence-electron chi connectivity index (χ1n) is 7.60. The van der Waals surface area contributed by atoms with Crippen molar-refractivity contribution in [2.45, 2.75) is 44.9 Å². The lowest BCUT2D eigenvalue weighted by molar-refractivity contribution is 0.319. The molecular formula is C17H19F2NO. The highest BCUT2D eigenvalue weighted by molar-refractivity contribution is 6.26. The molecule has 4 heteroatoms. The van der Waals surface area contributed by atoms with Crippen LogP contribution in [0.5, 0.6) is 0 Å². The molecule has 0 aliphatic heterocycles. The van der Waals surface area contributed by atoms with Crippen molar-refractivity contribution in [1.29, 1.82) is 0 Å². The van der Waals surface area contributed by atoms with E-state index in [1.807, 2.05) is 0 Å². The van der Waals surface area contributed by atoms with Gasteiger partial charge < -0.3 is 5.21 Å². The lowest BCUT2D eigenvalue weighted by atomic mass is 9.81. The summed E-state index contributed by atoms with van der Waals surface area (Å²) in [6.45, 7) is 0. The van der Waals surface area contributed by atoms with Crippen molar-refractivity contribution in [2.24, 2.45) is 11.1 Å². The molecule has 0 radical (unpaired) electrons. The second-order valence-corrected chi connectivity index (χ2v) is 5.91. The number of hydrogen-bond acceptors (Lipinski definition) is 2. The van der Waals surface area contributed by atoms with Crippen LogP contribution in [-0.4, -0.2) is 10.9 Å². The van der Waals surface area contributed by atoms with Gasteiger partial charge in [0.2, 0.25) is 0 Å². The summed E-state index contributed by atoms with van der Waals surface area (Å²) in [6.07, 6.45) is 7.51. The van der Waals surface area contributed by atoms with Crippen molar-refractivity contribution in [3.63, 3.8) is 0 Å². The second-order valence-electron chi connectivity index (χ2n) is 5.91. The maximum absolute atomic E-state index is 13.5. The Bertz CT molecular complexity index is 601. The Hall–Kier alpha value is -1.71. The Morgan fingerprint density at radius 2 is 1.76 bits per heavy atom. The van der Waals surface area contributed by atoms with E-state index in [0.717, 1.165) is 30.9 Å². The first-order valence-corrected chi connectivity index (χ1v) is 7.60. The number of halogens is 2. The zero-order valence-electron chi connectivity index (χ0n) is 11.9. The molecule has 0 atom stereocenters. The Morgan fingerprint density at radius 1 is 1.00 bits per heavy atom. The van der Waals surface area contributed by atoms with Crippen LogP contribution in [-0.2, 0) is 0 Å². The minimum atomic E-state index is -0.854. The van der Waals surface area contributed by atoms with Crippen LogP contribution in [0.4, 0.5) is 8.78 Å². The Kier molecular flexibility index (Phi) is 4.04. The van der Waals surface area contributed by atoms with E-state index in [9.17, 15) is 14.0 Å². The van der Waals surface area contributed by atoms with E-state index < -0.39 is 11.6 Å². The predicted octanol–water partition coefficient (Wildman–Crippen LogP) is 4.92. The summed E-state index contributed by atoms with van der Waals surface area (Å²) in [5, 5.41) is 12.6. The summed E-state index contributed by atoms with van der Waals surface area (Å²) in [7, 11) is 0. The van der Waals surface area contributed by atoms with Crippen LogP contribution >= 0.6 is 0 Å². The van der Waals surface area contributed by atoms with Gasteiger partial charge in [0.05, 0.1) is 5.71 Å². The number of allylic oxidation sites excluding steroid dienone is 2. The fraction of sp³-hybridized carbons (Fsp3) is 0.471. The van der Waals surface area contributed by atoms with Crippen molar-refractivity contribution in [2.75, 3.05) is 0 Å². The van der Waals surface area contributed by atoms with Crippen molar-refractivity contribution >= 4 is 11.3 Å². The fourth-order valence-corrected chi connectivity index (χ4v) is 3.65. The van der Waals surface area contributed by atoms with E-state index >= 15 is 0 Å². The summed E-state index contributed by atoms with van der Waals surface area (Å²) < 4.78 is 26.7. The molecule has 1 N–H and O–H groups in total. The van der Waals surface area contributed by atoms with Crippen LogP contribution in [0.3, 0.4) is 0 Å². The van der Waals surface area contributed by atoms with E-state index in [4.69, 9.17) is 0 Å². The highest BCUT2D eigenvalue weighted by Gasteiger charge is 2.29. The van der Waals surface area contributed by atoms with E-state index in [1.54, 1.807) is 6.07 Å². The molecule has 0 spiro atoms. The van der Waals surface area contributed by atoms with Crippen molar-refractivity contribution in [3.8, 4) is 0 Å². The third kappa shape index (κ3) is 2.71. The zero-order chi connectivity index (χ0) is 14.8. The number of oxime groups is 1. The smallest absolute Gasteiger partial charge is 0.159 e. The second kappa shape index (κ2) is 5.96. The van der Waals surface area contributed by atoms with Gasteiger partial charge in [-0.25, -0.2) is 8.78 Å². The van der Waals surface area contributed by atoms with Gasteiger partial charge in [-0.3, -0.25) is 0 Å². The lowest BCUT2D eigenvalue weighted by Gasteiger charge is -2.24. The summed E-state index contributed by atoms with van der Waals surface area (Å²) in [4.78, 5) is 0. The Balaban J connectivity index is 2.05. The molecule has 112 valence electrons. The SMILES string of the molecule is ON=C1CCC(C2CCCCC2)=C1c1ccc(F)c(F)c1. The van der Waals surface area contributed by atoms with Gasteiger partial charge in [0.25, 0.3) is 0 Å². The number of rotatable bonds is 2. The summed E-state index contributed by atoms with van der Waals surface area (Å²) in [5.41, 5.74) is 3.32. The average molecular weight is 291 g/mol. The first kappa shape index (κ1) is 14.2. The van der Waals surface area contributed by atoms with Crippen LogP contribution in [0.1, 0.15) is 50.5 Å². The summed E-state index contributed by atoms with van der Waals surface area (Å²) in [6, 6.07) is 3.93. The van der Waals surface area contributed by atoms with E-state index in [0.29, 0.717) is 23.6 Å². The van der Waals surface area contributed by atoms with Gasteiger partial charge in [-0.1, -0.05) is 36.1 Å². The van der Waals surface area contributed by atoms with Gasteiger partial charge in [0, 0.05) is 5.57 Å². The van der Waals surface area contributed by atoms with E-state index in [-0.39, 0.29) is 0 Å². The molecule has 1 fully saturated rings. The molecular weight excluding hydrogens is 272 g/mol. The number of hydrogen-bond donors (Lipinski definition) is 1. The van der Waals surface area contributed by atoms with Crippen LogP contribution in [0.25, 0.3) is 5.57 Å². The maximum atomic E-state index is 13.5. The van der Waals surface area contributed by atoms with Crippen LogP contribution in [0.2, 0.25) is 0 Å². The molecule has 2 nitrogen and oxygen atoms in total. The molecule has 21 heavy (non-hydrogen) atoms. The molecule has 0 saturated heterocycles. The summed E-state index contributed by atoms with van der Waals surface area (Å²) in [5.74, 6) is -1.22. The minimum absolute atomic E-state index is 0.487. The molecule has 0 heterocycles. The highest BCUT2D eigenvalue weighted by atomic mass is 19.2. The molecule has 0 amide bonds. The van der Waals surface area contributed by atoms with Gasteiger partial charge in [-0.05, 0) is 49.3 Å². The van der Waals surface area contributed by atoms with Gasteiger partial charge in [0.15, 0.2) is 11.6 Å². The molecule has 1 aromatic carbocycles. The standard InChI is InChI=1S/C17H19F2NO/c18-14-8-6-12(10-15(14)19)17-13(7-9-16(17)20-21)11-4-2-1-3-5-11/h6,8,10-11,21H,1-5,7,9H2. The van der Waals surface area contributed by atoms with E-state index in [2.05, 4.69) is 5.16 Å². The molecule has 2 aliphatic carbocycles. The quantitative estimate of drug-likeness (QED) is 0.608. The molecule has 1 saturated carbocycles. The molecule has 0 aromatic heterocycles. The van der Waals surface area contributed by atoms with Gasteiger partial charge in [-0.2, -0.15) is 0 Å². The third-order valence-electron chi connectivity index (χ3n) is 4.67. The molecule has 0 bridgehead atoms. The topological polar surface area (TPSA) is 32.6 Å². The van der Waals surface area contributed by atoms with Crippen LogP contribution in [0.15, 0.2) is 28.9 Å². The Morgan fingerprint density at radius 3 is 2.43 bits per heavy atom. The van der Waals surface area contributed by atoms with Crippen molar-refractivity contribution in [3.05, 3.63) is 41.0 Å². The first-order chi connectivity index (χ1) is 10.2. The molecule has 3 rings (SSSR count). The van der Waals surface area contributed by atoms with Gasteiger partial charge >= 0.3 is 0 Å².